The van der Waals surface area contributed by atoms with Crippen molar-refractivity contribution in [1.82, 2.24) is 0 Å². The van der Waals surface area contributed by atoms with E-state index in [2.05, 4.69) is 10.6 Å². The zero-order valence-corrected chi connectivity index (χ0v) is 14.3. The summed E-state index contributed by atoms with van der Waals surface area (Å²) in [6.45, 7) is 1.43. The highest BCUT2D eigenvalue weighted by atomic mass is 16.5. The lowest BCUT2D eigenvalue weighted by molar-refractivity contribution is -0.114. The zero-order chi connectivity index (χ0) is 18.2. The predicted octanol–water partition coefficient (Wildman–Crippen LogP) is 3.31. The molecule has 2 N–H and O–H groups in total. The summed E-state index contributed by atoms with van der Waals surface area (Å²) in [5.41, 5.74) is 2.02. The van der Waals surface area contributed by atoms with Crippen LogP contribution in [0.2, 0.25) is 0 Å². The van der Waals surface area contributed by atoms with E-state index < -0.39 is 0 Å². The number of anilines is 2. The molecule has 0 fully saturated rings. The SMILES string of the molecule is COc1ccc(C=CC(=O)Nc2cccc(NC(C)=O)c2)cc1OC. The van der Waals surface area contributed by atoms with Gasteiger partial charge < -0.3 is 20.1 Å². The second-order valence-electron chi connectivity index (χ2n) is 5.20. The standard InChI is InChI=1S/C19H20N2O4/c1-13(22)20-15-5-4-6-16(12-15)21-19(23)10-8-14-7-9-17(24-2)18(11-14)25-3/h4-12H,1-3H3,(H,20,22)(H,21,23). The number of carbonyl (C=O) groups is 2. The van der Waals surface area contributed by atoms with Crippen molar-refractivity contribution in [1.29, 1.82) is 0 Å². The molecule has 0 heterocycles. The van der Waals surface area contributed by atoms with Crippen molar-refractivity contribution in [2.24, 2.45) is 0 Å². The van der Waals surface area contributed by atoms with Crippen LogP contribution in [-0.4, -0.2) is 26.0 Å². The van der Waals surface area contributed by atoms with E-state index in [0.717, 1.165) is 5.56 Å². The molecule has 0 aliphatic heterocycles. The van der Waals surface area contributed by atoms with E-state index in [1.54, 1.807) is 56.7 Å². The molecular weight excluding hydrogens is 320 g/mol. The first-order valence-electron chi connectivity index (χ1n) is 7.60. The Bertz CT molecular complexity index is 800. The van der Waals surface area contributed by atoms with Crippen LogP contribution in [0.1, 0.15) is 12.5 Å². The van der Waals surface area contributed by atoms with Gasteiger partial charge in [-0.05, 0) is 42.0 Å². The van der Waals surface area contributed by atoms with E-state index in [9.17, 15) is 9.59 Å². The Morgan fingerprint density at radius 3 is 2.24 bits per heavy atom. The molecule has 6 nitrogen and oxygen atoms in total. The average molecular weight is 340 g/mol. The van der Waals surface area contributed by atoms with Gasteiger partial charge in [-0.1, -0.05) is 12.1 Å². The number of methoxy groups -OCH3 is 2. The largest absolute Gasteiger partial charge is 0.493 e. The van der Waals surface area contributed by atoms with Gasteiger partial charge >= 0.3 is 0 Å². The molecule has 0 bridgehead atoms. The highest BCUT2D eigenvalue weighted by Gasteiger charge is 2.04. The van der Waals surface area contributed by atoms with Crippen molar-refractivity contribution >= 4 is 29.3 Å². The lowest BCUT2D eigenvalue weighted by Gasteiger charge is -2.08. The van der Waals surface area contributed by atoms with Crippen LogP contribution >= 0.6 is 0 Å². The Morgan fingerprint density at radius 1 is 0.920 bits per heavy atom. The number of hydrogen-bond acceptors (Lipinski definition) is 4. The summed E-state index contributed by atoms with van der Waals surface area (Å²) in [5, 5.41) is 5.41. The number of benzene rings is 2. The minimum atomic E-state index is -0.283. The van der Waals surface area contributed by atoms with E-state index in [4.69, 9.17) is 9.47 Å². The molecule has 0 aliphatic carbocycles. The fourth-order valence-corrected chi connectivity index (χ4v) is 2.19. The van der Waals surface area contributed by atoms with Crippen LogP contribution in [0, 0.1) is 0 Å². The molecule has 0 radical (unpaired) electrons. The molecule has 0 saturated carbocycles. The van der Waals surface area contributed by atoms with Gasteiger partial charge in [0.05, 0.1) is 14.2 Å². The maximum absolute atomic E-state index is 12.1. The molecule has 0 aromatic heterocycles. The van der Waals surface area contributed by atoms with Crippen LogP contribution in [0.3, 0.4) is 0 Å². The van der Waals surface area contributed by atoms with Crippen LogP contribution in [0.15, 0.2) is 48.5 Å². The number of ether oxygens (including phenoxy) is 2. The van der Waals surface area contributed by atoms with Crippen LogP contribution in [0.5, 0.6) is 11.5 Å². The quantitative estimate of drug-likeness (QED) is 0.791. The van der Waals surface area contributed by atoms with Crippen LogP contribution in [-0.2, 0) is 9.59 Å². The molecule has 0 saturated heterocycles. The first-order valence-corrected chi connectivity index (χ1v) is 7.60. The third-order valence-electron chi connectivity index (χ3n) is 3.29. The molecule has 0 spiro atoms. The van der Waals surface area contributed by atoms with Crippen LogP contribution in [0.4, 0.5) is 11.4 Å². The van der Waals surface area contributed by atoms with Gasteiger partial charge in [-0.2, -0.15) is 0 Å². The third-order valence-corrected chi connectivity index (χ3v) is 3.29. The van der Waals surface area contributed by atoms with Crippen LogP contribution in [0.25, 0.3) is 6.08 Å². The van der Waals surface area contributed by atoms with Gasteiger partial charge in [-0.3, -0.25) is 9.59 Å². The zero-order valence-electron chi connectivity index (χ0n) is 14.3. The van der Waals surface area contributed by atoms with E-state index in [0.29, 0.717) is 22.9 Å². The first-order chi connectivity index (χ1) is 12.0. The van der Waals surface area contributed by atoms with Gasteiger partial charge in [0.25, 0.3) is 0 Å². The lowest BCUT2D eigenvalue weighted by atomic mass is 10.2. The Balaban J connectivity index is 2.05. The summed E-state index contributed by atoms with van der Waals surface area (Å²) in [4.78, 5) is 23.1. The molecule has 2 aromatic rings. The van der Waals surface area contributed by atoms with Crippen molar-refractivity contribution in [3.63, 3.8) is 0 Å². The van der Waals surface area contributed by atoms with Gasteiger partial charge in [-0.15, -0.1) is 0 Å². The van der Waals surface area contributed by atoms with Crippen molar-refractivity contribution in [2.45, 2.75) is 6.92 Å². The number of carbonyl (C=O) groups excluding carboxylic acids is 2. The molecule has 0 aliphatic rings. The second kappa shape index (κ2) is 8.54. The second-order valence-corrected chi connectivity index (χ2v) is 5.20. The van der Waals surface area contributed by atoms with Gasteiger partial charge in [0.15, 0.2) is 11.5 Å². The van der Waals surface area contributed by atoms with Gasteiger partial charge in [0.1, 0.15) is 0 Å². The highest BCUT2D eigenvalue weighted by Crippen LogP contribution is 2.28. The number of amides is 2. The maximum Gasteiger partial charge on any atom is 0.248 e. The monoisotopic (exact) mass is 340 g/mol. The topological polar surface area (TPSA) is 76.7 Å². The normalized spacial score (nSPS) is 10.4. The fraction of sp³-hybridized carbons (Fsp3) is 0.158. The molecule has 2 aromatic carbocycles. The Hall–Kier alpha value is -3.28. The number of hydrogen-bond donors (Lipinski definition) is 2. The number of nitrogens with one attached hydrogen (secondary N) is 2. The predicted molar refractivity (Wildman–Crippen MR) is 98.0 cm³/mol. The average Bonchev–Trinajstić information content (AvgIpc) is 2.59. The lowest BCUT2D eigenvalue weighted by Crippen LogP contribution is -2.09. The Kier molecular flexibility index (Phi) is 6.17. The van der Waals surface area contributed by atoms with Crippen molar-refractivity contribution in [2.75, 3.05) is 24.9 Å². The van der Waals surface area contributed by atoms with Gasteiger partial charge in [0, 0.05) is 24.4 Å². The summed E-state index contributed by atoms with van der Waals surface area (Å²) < 4.78 is 10.4. The Labute approximate surface area is 146 Å². The molecule has 130 valence electrons. The molecule has 6 heteroatoms. The van der Waals surface area contributed by atoms with E-state index in [-0.39, 0.29) is 11.8 Å². The van der Waals surface area contributed by atoms with Crippen molar-refractivity contribution in [3.05, 3.63) is 54.1 Å². The third kappa shape index (κ3) is 5.39. The molecule has 25 heavy (non-hydrogen) atoms. The summed E-state index contributed by atoms with van der Waals surface area (Å²) in [5.74, 6) is 0.763. The summed E-state index contributed by atoms with van der Waals surface area (Å²) in [6.07, 6.45) is 3.10. The highest BCUT2D eigenvalue weighted by molar-refractivity contribution is 6.02. The Morgan fingerprint density at radius 2 is 1.60 bits per heavy atom. The van der Waals surface area contributed by atoms with Crippen molar-refractivity contribution in [3.8, 4) is 11.5 Å². The maximum atomic E-state index is 12.1. The smallest absolute Gasteiger partial charge is 0.248 e. The minimum absolute atomic E-state index is 0.170. The fourth-order valence-electron chi connectivity index (χ4n) is 2.19. The van der Waals surface area contributed by atoms with E-state index in [1.807, 2.05) is 6.07 Å². The van der Waals surface area contributed by atoms with Crippen LogP contribution < -0.4 is 20.1 Å². The molecule has 0 atom stereocenters. The molecule has 2 rings (SSSR count). The summed E-state index contributed by atoms with van der Waals surface area (Å²) in [7, 11) is 3.12. The molecule has 2 amide bonds. The first kappa shape index (κ1) is 18.1. The van der Waals surface area contributed by atoms with Crippen molar-refractivity contribution < 1.29 is 19.1 Å². The van der Waals surface area contributed by atoms with Gasteiger partial charge in [0.2, 0.25) is 11.8 Å². The van der Waals surface area contributed by atoms with Gasteiger partial charge in [-0.25, -0.2) is 0 Å². The number of rotatable bonds is 6. The summed E-state index contributed by atoms with van der Waals surface area (Å²) in [6, 6.07) is 12.3. The van der Waals surface area contributed by atoms with E-state index >= 15 is 0 Å². The minimum Gasteiger partial charge on any atom is -0.493 e. The van der Waals surface area contributed by atoms with E-state index in [1.165, 1.54) is 13.0 Å². The molecule has 0 unspecified atom stereocenters. The summed E-state index contributed by atoms with van der Waals surface area (Å²) >= 11 is 0. The molecular formula is C19H20N2O4.